The second-order valence-electron chi connectivity index (χ2n) is 4.55. The van der Waals surface area contributed by atoms with Gasteiger partial charge in [-0.25, -0.2) is 0 Å². The Morgan fingerprint density at radius 2 is 1.69 bits per heavy atom. The third kappa shape index (κ3) is 4.36. The Morgan fingerprint density at radius 3 is 2.25 bits per heavy atom. The van der Waals surface area contributed by atoms with Crippen LogP contribution in [0.15, 0.2) is 24.3 Å². The summed E-state index contributed by atoms with van der Waals surface area (Å²) in [5, 5.41) is 0. The van der Waals surface area contributed by atoms with Crippen molar-refractivity contribution in [3.63, 3.8) is 0 Å². The maximum absolute atomic E-state index is 6.17. The van der Waals surface area contributed by atoms with Crippen molar-refractivity contribution in [3.8, 4) is 0 Å². The Balaban J connectivity index is 2.37. The minimum atomic E-state index is 0.225. The van der Waals surface area contributed by atoms with Crippen molar-refractivity contribution < 1.29 is 0 Å². The average Bonchev–Trinajstić information content (AvgIpc) is 2.34. The molecule has 0 aliphatic carbocycles. The van der Waals surface area contributed by atoms with Gasteiger partial charge in [0.25, 0.3) is 0 Å². The molecular formula is C15H25N. The molecule has 1 unspecified atom stereocenters. The van der Waals surface area contributed by atoms with Gasteiger partial charge in [0.05, 0.1) is 0 Å². The fourth-order valence-electron chi connectivity index (χ4n) is 1.96. The number of unbranched alkanes of at least 4 members (excludes halogenated alkanes) is 3. The van der Waals surface area contributed by atoms with E-state index in [9.17, 15) is 0 Å². The van der Waals surface area contributed by atoms with Crippen LogP contribution in [0.2, 0.25) is 0 Å². The molecule has 1 nitrogen and oxygen atoms in total. The lowest BCUT2D eigenvalue weighted by Crippen LogP contribution is -2.10. The van der Waals surface area contributed by atoms with Crippen LogP contribution in [-0.2, 0) is 6.42 Å². The Morgan fingerprint density at radius 1 is 1.00 bits per heavy atom. The Hall–Kier alpha value is -0.820. The largest absolute Gasteiger partial charge is 0.324 e. The van der Waals surface area contributed by atoms with Gasteiger partial charge in [0.2, 0.25) is 0 Å². The third-order valence-corrected chi connectivity index (χ3v) is 3.18. The minimum Gasteiger partial charge on any atom is -0.324 e. The summed E-state index contributed by atoms with van der Waals surface area (Å²) in [6.07, 6.45) is 7.42. The van der Waals surface area contributed by atoms with Gasteiger partial charge in [0, 0.05) is 6.04 Å². The van der Waals surface area contributed by atoms with Gasteiger partial charge in [-0.15, -0.1) is 0 Å². The molecule has 0 amide bonds. The van der Waals surface area contributed by atoms with Gasteiger partial charge in [-0.2, -0.15) is 0 Å². The van der Waals surface area contributed by atoms with Gasteiger partial charge in [-0.05, 0) is 24.0 Å². The molecule has 0 spiro atoms. The molecule has 1 aromatic carbocycles. The lowest BCUT2D eigenvalue weighted by molar-refractivity contribution is 0.566. The van der Waals surface area contributed by atoms with Crippen molar-refractivity contribution >= 4 is 0 Å². The Bertz CT molecular complexity index is 276. The van der Waals surface area contributed by atoms with E-state index in [1.165, 1.54) is 36.8 Å². The molecule has 0 saturated carbocycles. The molecule has 16 heavy (non-hydrogen) atoms. The molecule has 0 aliphatic heterocycles. The molecule has 0 radical (unpaired) electrons. The molecule has 1 aromatic rings. The van der Waals surface area contributed by atoms with Gasteiger partial charge in [-0.3, -0.25) is 0 Å². The van der Waals surface area contributed by atoms with E-state index >= 15 is 0 Å². The number of nitrogens with two attached hydrogens (primary N) is 1. The quantitative estimate of drug-likeness (QED) is 0.683. The fourth-order valence-corrected chi connectivity index (χ4v) is 1.96. The van der Waals surface area contributed by atoms with Crippen molar-refractivity contribution in [3.05, 3.63) is 35.4 Å². The highest BCUT2D eigenvalue weighted by molar-refractivity contribution is 5.24. The first-order valence-corrected chi connectivity index (χ1v) is 6.62. The topological polar surface area (TPSA) is 26.0 Å². The summed E-state index contributed by atoms with van der Waals surface area (Å²) in [6.45, 7) is 4.42. The van der Waals surface area contributed by atoms with Gasteiger partial charge >= 0.3 is 0 Å². The first-order valence-electron chi connectivity index (χ1n) is 6.62. The first kappa shape index (κ1) is 13.2. The van der Waals surface area contributed by atoms with Crippen LogP contribution in [0.1, 0.15) is 63.1 Å². The Labute approximate surface area is 100 Å². The van der Waals surface area contributed by atoms with Gasteiger partial charge in [-0.1, -0.05) is 63.8 Å². The molecule has 1 rings (SSSR count). The molecule has 2 N–H and O–H groups in total. The summed E-state index contributed by atoms with van der Waals surface area (Å²) in [5.74, 6) is 0. The highest BCUT2D eigenvalue weighted by Gasteiger charge is 2.04. The SMILES string of the molecule is CCCCCCC(N)c1ccc(CC)cc1. The summed E-state index contributed by atoms with van der Waals surface area (Å²) >= 11 is 0. The van der Waals surface area contributed by atoms with Crippen LogP contribution in [0.4, 0.5) is 0 Å². The van der Waals surface area contributed by atoms with Crippen LogP contribution in [0.5, 0.6) is 0 Å². The molecule has 0 bridgehead atoms. The van der Waals surface area contributed by atoms with Gasteiger partial charge in [0.1, 0.15) is 0 Å². The molecule has 1 atom stereocenters. The number of benzene rings is 1. The zero-order chi connectivity index (χ0) is 11.8. The first-order chi connectivity index (χ1) is 7.77. The van der Waals surface area contributed by atoms with Crippen molar-refractivity contribution in [1.29, 1.82) is 0 Å². The zero-order valence-corrected chi connectivity index (χ0v) is 10.7. The van der Waals surface area contributed by atoms with E-state index in [0.29, 0.717) is 0 Å². The standard InChI is InChI=1S/C15H25N/c1-3-5-6-7-8-15(16)14-11-9-13(4-2)10-12-14/h9-12,15H,3-8,16H2,1-2H3. The zero-order valence-electron chi connectivity index (χ0n) is 10.7. The fraction of sp³-hybridized carbons (Fsp3) is 0.600. The van der Waals surface area contributed by atoms with Crippen LogP contribution < -0.4 is 5.73 Å². The maximum atomic E-state index is 6.17. The maximum Gasteiger partial charge on any atom is 0.0294 e. The molecule has 90 valence electrons. The second kappa shape index (κ2) is 7.45. The minimum absolute atomic E-state index is 0.225. The number of rotatable bonds is 7. The molecule has 1 heteroatoms. The lowest BCUT2D eigenvalue weighted by atomic mass is 9.99. The van der Waals surface area contributed by atoms with Crippen molar-refractivity contribution in [2.45, 2.75) is 58.4 Å². The molecule has 0 aromatic heterocycles. The van der Waals surface area contributed by atoms with Gasteiger partial charge in [0.15, 0.2) is 0 Å². The van der Waals surface area contributed by atoms with Crippen LogP contribution in [-0.4, -0.2) is 0 Å². The van der Waals surface area contributed by atoms with E-state index in [1.54, 1.807) is 0 Å². The Kier molecular flexibility index (Phi) is 6.17. The highest BCUT2D eigenvalue weighted by atomic mass is 14.6. The van der Waals surface area contributed by atoms with Crippen LogP contribution >= 0.6 is 0 Å². The predicted octanol–water partition coefficient (Wildman–Crippen LogP) is 4.22. The van der Waals surface area contributed by atoms with E-state index in [1.807, 2.05) is 0 Å². The average molecular weight is 219 g/mol. The normalized spacial score (nSPS) is 12.7. The molecule has 0 fully saturated rings. The second-order valence-corrected chi connectivity index (χ2v) is 4.55. The van der Waals surface area contributed by atoms with E-state index in [4.69, 9.17) is 5.73 Å². The van der Waals surface area contributed by atoms with E-state index in [2.05, 4.69) is 38.1 Å². The summed E-state index contributed by atoms with van der Waals surface area (Å²) in [4.78, 5) is 0. The third-order valence-electron chi connectivity index (χ3n) is 3.18. The monoisotopic (exact) mass is 219 g/mol. The van der Waals surface area contributed by atoms with Crippen LogP contribution in [0, 0.1) is 0 Å². The van der Waals surface area contributed by atoms with Crippen molar-refractivity contribution in [2.75, 3.05) is 0 Å². The highest BCUT2D eigenvalue weighted by Crippen LogP contribution is 2.18. The van der Waals surface area contributed by atoms with Crippen molar-refractivity contribution in [1.82, 2.24) is 0 Å². The number of hydrogen-bond acceptors (Lipinski definition) is 1. The smallest absolute Gasteiger partial charge is 0.0294 e. The number of aryl methyl sites for hydroxylation is 1. The van der Waals surface area contributed by atoms with Crippen molar-refractivity contribution in [2.24, 2.45) is 5.73 Å². The summed E-state index contributed by atoms with van der Waals surface area (Å²) in [7, 11) is 0. The molecule has 0 heterocycles. The predicted molar refractivity (Wildman–Crippen MR) is 71.5 cm³/mol. The molecule has 0 aliphatic rings. The summed E-state index contributed by atoms with van der Waals surface area (Å²) in [6, 6.07) is 8.98. The lowest BCUT2D eigenvalue weighted by Gasteiger charge is -2.12. The van der Waals surface area contributed by atoms with Crippen LogP contribution in [0.25, 0.3) is 0 Å². The number of hydrogen-bond donors (Lipinski definition) is 1. The summed E-state index contributed by atoms with van der Waals surface area (Å²) < 4.78 is 0. The van der Waals surface area contributed by atoms with E-state index in [-0.39, 0.29) is 6.04 Å². The summed E-state index contributed by atoms with van der Waals surface area (Å²) in [5.41, 5.74) is 8.85. The van der Waals surface area contributed by atoms with Gasteiger partial charge < -0.3 is 5.73 Å². The molecular weight excluding hydrogens is 194 g/mol. The van der Waals surface area contributed by atoms with Crippen LogP contribution in [0.3, 0.4) is 0 Å². The van der Waals surface area contributed by atoms with E-state index < -0.39 is 0 Å². The van der Waals surface area contributed by atoms with E-state index in [0.717, 1.165) is 12.8 Å². The molecule has 0 saturated heterocycles.